The zero-order valence-electron chi connectivity index (χ0n) is 49.5. The second kappa shape index (κ2) is 35.8. The summed E-state index contributed by atoms with van der Waals surface area (Å²) < 4.78 is 97.5. The second-order valence-corrected chi connectivity index (χ2v) is 25.5. The number of nitrogens with one attached hydrogen (secondary N) is 2. The Morgan fingerprint density at radius 3 is 1.45 bits per heavy atom. The van der Waals surface area contributed by atoms with Gasteiger partial charge in [-0.15, -0.1) is 0 Å². The third-order valence-corrected chi connectivity index (χ3v) is 18.8. The van der Waals surface area contributed by atoms with Crippen molar-refractivity contribution in [1.29, 1.82) is 0 Å². The Morgan fingerprint density at radius 2 is 0.965 bits per heavy atom. The van der Waals surface area contributed by atoms with Crippen molar-refractivity contribution in [1.82, 2.24) is 19.8 Å². The highest BCUT2D eigenvalue weighted by Gasteiger charge is 2.40. The van der Waals surface area contributed by atoms with Gasteiger partial charge in [0.2, 0.25) is 10.0 Å². The van der Waals surface area contributed by atoms with Gasteiger partial charge in [0.1, 0.15) is 29.8 Å². The molecule has 0 bridgehead atoms. The molecule has 8 rings (SSSR count). The van der Waals surface area contributed by atoms with E-state index >= 15 is 0 Å². The predicted octanol–water partition coefficient (Wildman–Crippen LogP) is 5.81. The highest BCUT2D eigenvalue weighted by atomic mass is 32.2. The summed E-state index contributed by atoms with van der Waals surface area (Å²) in [5.74, 6) is -0.0631. The molecule has 0 saturated carbocycles. The Balaban J connectivity index is 0.000000316. The van der Waals surface area contributed by atoms with Crippen LogP contribution in [-0.2, 0) is 70.7 Å². The van der Waals surface area contributed by atoms with E-state index in [-0.39, 0.29) is 94.7 Å². The molecular formula is C63H90N4O16S2. The molecule has 2 fully saturated rings. The number of aliphatic hydroxyl groups excluding tert-OH is 2. The molecule has 470 valence electrons. The Kier molecular flexibility index (Phi) is 28.4. The lowest BCUT2D eigenvalue weighted by molar-refractivity contribution is -0.145. The number of hydrogen-bond acceptors (Lipinski definition) is 18. The standard InChI is InChI=1S/C41H63N3O13S.C22H27NO3S/c1-2-51-23-24-55-28-25-52-20-8-11-37(45)38(46)39(47)41(48)42-16-21-53-26-29-56-30-27-54-22-17-43-58(49,50)34-14-12-33(13-15-34)57-40-35-10-5-4-9-32(35)31-36(40)44-18-6-3-7-19-44;1-2-27(24,25)19-12-10-18(11-13-19)26-22-20-9-5-4-8-17(20)16-21(22)23-14-6-3-7-15-23/h4-5,9-10,12-15,36,38-40,43,46-47H,2-3,6-8,11,16-31H2,1H3,(H,42,48);4-5,8-13,21-22H,2-3,6-7,14-16H2,1H3/t36-,38-,39+,40-;21-,22-/m00/s1. The van der Waals surface area contributed by atoms with E-state index in [0.29, 0.717) is 56.1 Å². The van der Waals surface area contributed by atoms with Crippen molar-refractivity contribution in [2.45, 2.75) is 124 Å². The molecule has 2 aliphatic heterocycles. The maximum Gasteiger partial charge on any atom is 0.252 e. The van der Waals surface area contributed by atoms with Crippen LogP contribution in [-0.4, -0.2) is 197 Å². The quantitative estimate of drug-likeness (QED) is 0.0392. The molecule has 4 N–H and O–H groups in total. The summed E-state index contributed by atoms with van der Waals surface area (Å²) >= 11 is 0. The van der Waals surface area contributed by atoms with Crippen LogP contribution in [0, 0.1) is 0 Å². The Morgan fingerprint density at radius 1 is 0.529 bits per heavy atom. The van der Waals surface area contributed by atoms with E-state index in [1.807, 2.05) is 13.0 Å². The highest BCUT2D eigenvalue weighted by molar-refractivity contribution is 7.91. The van der Waals surface area contributed by atoms with E-state index in [9.17, 15) is 36.6 Å². The molecule has 0 spiro atoms. The number of nitrogens with zero attached hydrogens (tertiary/aromatic N) is 2. The number of ketones is 1. The van der Waals surface area contributed by atoms with E-state index in [1.165, 1.54) is 60.8 Å². The number of fused-ring (bicyclic) bond motifs is 2. The Labute approximate surface area is 503 Å². The fraction of sp³-hybridized carbons (Fsp3) is 0.587. The van der Waals surface area contributed by atoms with Crippen molar-refractivity contribution in [3.63, 3.8) is 0 Å². The van der Waals surface area contributed by atoms with Crippen LogP contribution in [0.25, 0.3) is 0 Å². The zero-order chi connectivity index (χ0) is 60.3. The first-order valence-electron chi connectivity index (χ1n) is 30.3. The van der Waals surface area contributed by atoms with E-state index in [2.05, 4.69) is 62.3 Å². The van der Waals surface area contributed by atoms with Crippen LogP contribution in [0.1, 0.15) is 99.7 Å². The van der Waals surface area contributed by atoms with Gasteiger partial charge in [0, 0.05) is 32.7 Å². The van der Waals surface area contributed by atoms with E-state index in [1.54, 1.807) is 55.5 Å². The van der Waals surface area contributed by atoms with Crippen LogP contribution < -0.4 is 19.5 Å². The normalized spacial score (nSPS) is 19.7. The number of rotatable bonds is 36. The largest absolute Gasteiger partial charge is 0.484 e. The summed E-state index contributed by atoms with van der Waals surface area (Å²) in [4.78, 5) is 29.9. The molecule has 0 aromatic heterocycles. The second-order valence-electron chi connectivity index (χ2n) is 21.5. The summed E-state index contributed by atoms with van der Waals surface area (Å²) in [6.45, 7) is 12.1. The fourth-order valence-corrected chi connectivity index (χ4v) is 12.9. The fourth-order valence-electron chi connectivity index (χ4n) is 11.0. The van der Waals surface area contributed by atoms with E-state index < -0.39 is 43.8 Å². The van der Waals surface area contributed by atoms with Gasteiger partial charge in [-0.25, -0.2) is 21.6 Å². The van der Waals surface area contributed by atoms with Crippen LogP contribution >= 0.6 is 0 Å². The topological polar surface area (TPSA) is 247 Å². The first-order chi connectivity index (χ1) is 41.3. The van der Waals surface area contributed by atoms with Gasteiger partial charge >= 0.3 is 0 Å². The molecule has 4 aromatic carbocycles. The number of hydrogen-bond donors (Lipinski definition) is 4. The van der Waals surface area contributed by atoms with Crippen LogP contribution in [0.15, 0.2) is 107 Å². The molecule has 85 heavy (non-hydrogen) atoms. The minimum absolute atomic E-state index is 0.00654. The van der Waals surface area contributed by atoms with Crippen LogP contribution in [0.3, 0.4) is 0 Å². The highest BCUT2D eigenvalue weighted by Crippen LogP contribution is 2.41. The van der Waals surface area contributed by atoms with Crippen molar-refractivity contribution in [2.24, 2.45) is 0 Å². The zero-order valence-corrected chi connectivity index (χ0v) is 51.2. The molecule has 6 atom stereocenters. The van der Waals surface area contributed by atoms with Crippen molar-refractivity contribution < 1.29 is 74.5 Å². The van der Waals surface area contributed by atoms with Gasteiger partial charge < -0.3 is 53.4 Å². The van der Waals surface area contributed by atoms with Gasteiger partial charge in [-0.2, -0.15) is 0 Å². The summed E-state index contributed by atoms with van der Waals surface area (Å²) in [5, 5.41) is 22.5. The molecule has 2 heterocycles. The maximum atomic E-state index is 12.9. The number of ether oxygens (including phenoxy) is 8. The molecule has 2 saturated heterocycles. The van der Waals surface area contributed by atoms with Crippen molar-refractivity contribution in [3.8, 4) is 11.5 Å². The summed E-state index contributed by atoms with van der Waals surface area (Å²) in [7, 11) is -6.92. The van der Waals surface area contributed by atoms with Crippen LogP contribution in [0.2, 0.25) is 0 Å². The van der Waals surface area contributed by atoms with Crippen molar-refractivity contribution in [3.05, 3.63) is 119 Å². The minimum Gasteiger partial charge on any atom is -0.484 e. The summed E-state index contributed by atoms with van der Waals surface area (Å²) in [6, 6.07) is 31.0. The number of likely N-dealkylation sites (tertiary alicyclic amines) is 2. The van der Waals surface area contributed by atoms with Gasteiger partial charge in [0.25, 0.3) is 5.91 Å². The molecule has 4 aliphatic rings. The molecule has 22 heteroatoms. The number of sulfone groups is 1. The summed E-state index contributed by atoms with van der Waals surface area (Å²) in [5.41, 5.74) is 5.13. The molecule has 1 amide bonds. The van der Waals surface area contributed by atoms with Gasteiger partial charge in [0.05, 0.1) is 93.7 Å². The number of amides is 1. The minimum atomic E-state index is -3.74. The molecular weight excluding hydrogens is 1130 g/mol. The summed E-state index contributed by atoms with van der Waals surface area (Å²) in [6.07, 6.45) is 5.87. The SMILES string of the molecule is CCOCCOCCOCCCC(=O)[C@H](O)[C@@H](O)C(=O)NCCOCCOCCOCCNS(=O)(=O)c1ccc(O[C@H]2c3ccccc3C[C@@H]2N2CCCCC2)cc1.CCS(=O)(=O)c1ccc(O[C@H]2c3ccccc3C[C@@H]2N2CCCCC2)cc1. The lowest BCUT2D eigenvalue weighted by Crippen LogP contribution is -2.46. The molecule has 2 aliphatic carbocycles. The van der Waals surface area contributed by atoms with Crippen molar-refractivity contribution >= 4 is 31.6 Å². The number of Topliss-reactive ketones (excluding diaryl/α,β-unsaturated/α-hetero) is 1. The number of sulfonamides is 1. The molecule has 4 aromatic rings. The van der Waals surface area contributed by atoms with Gasteiger partial charge in [0.15, 0.2) is 21.7 Å². The average Bonchev–Trinajstić information content (AvgIpc) is 3.78. The Hall–Kier alpha value is -4.92. The van der Waals surface area contributed by atoms with Crippen molar-refractivity contribution in [2.75, 3.05) is 124 Å². The Bertz CT molecular complexity index is 2840. The third-order valence-electron chi connectivity index (χ3n) is 15.6. The van der Waals surface area contributed by atoms with Gasteiger partial charge in [-0.05, 0) is 149 Å². The van der Waals surface area contributed by atoms with Crippen LogP contribution in [0.5, 0.6) is 11.5 Å². The van der Waals surface area contributed by atoms with Crippen LogP contribution in [0.4, 0.5) is 0 Å². The number of benzene rings is 4. The number of carbonyl (C=O) groups excluding carboxylic acids is 2. The first-order valence-corrected chi connectivity index (χ1v) is 33.5. The number of piperidine rings is 2. The lowest BCUT2D eigenvalue weighted by atomic mass is 10.0. The predicted molar refractivity (Wildman–Crippen MR) is 321 cm³/mol. The number of carbonyl (C=O) groups is 2. The molecule has 0 unspecified atom stereocenters. The first kappa shape index (κ1) is 67.6. The maximum absolute atomic E-state index is 12.9. The smallest absolute Gasteiger partial charge is 0.252 e. The average molecular weight is 1220 g/mol. The molecule has 0 radical (unpaired) electrons. The third kappa shape index (κ3) is 21.1. The molecule has 20 nitrogen and oxygen atoms in total. The monoisotopic (exact) mass is 1220 g/mol. The number of aliphatic hydroxyl groups is 2. The van der Waals surface area contributed by atoms with E-state index in [4.69, 9.17) is 37.9 Å². The van der Waals surface area contributed by atoms with Gasteiger partial charge in [-0.3, -0.25) is 19.4 Å². The van der Waals surface area contributed by atoms with Gasteiger partial charge in [-0.1, -0.05) is 68.3 Å². The van der Waals surface area contributed by atoms with E-state index in [0.717, 1.165) is 44.8 Å². The lowest BCUT2D eigenvalue weighted by Gasteiger charge is -2.35.